The molecule has 0 aliphatic heterocycles. The highest BCUT2D eigenvalue weighted by Gasteiger charge is 2.15. The van der Waals surface area contributed by atoms with Crippen LogP contribution in [0.1, 0.15) is 36.5 Å². The lowest BCUT2D eigenvalue weighted by atomic mass is 10.2. The molecule has 0 aliphatic rings. The van der Waals surface area contributed by atoms with Gasteiger partial charge in [-0.25, -0.2) is 4.68 Å². The van der Waals surface area contributed by atoms with Crippen molar-refractivity contribution >= 4 is 29.3 Å². The molecule has 3 rings (SSSR count). The number of halogens is 1. The van der Waals surface area contributed by atoms with Crippen LogP contribution in [0.3, 0.4) is 0 Å². The standard InChI is InChI=1S/C22H26ClN5O/c1-14(2)13-27-22(23)19(15(3)25-27)11-12-20(29)24-21-16(4)26-28(17(21)5)18-9-7-6-8-10-18/h6-12,14H,13H2,1-5H3,(H,24,29)/b12-11+. The number of carbonyl (C=O) groups is 1. The van der Waals surface area contributed by atoms with Gasteiger partial charge < -0.3 is 5.32 Å². The van der Waals surface area contributed by atoms with Crippen LogP contribution in [0.25, 0.3) is 11.8 Å². The molecule has 0 radical (unpaired) electrons. The number of nitrogens with one attached hydrogen (secondary N) is 1. The maximum atomic E-state index is 12.5. The number of anilines is 1. The lowest BCUT2D eigenvalue weighted by molar-refractivity contribution is -0.111. The SMILES string of the molecule is Cc1nn(CC(C)C)c(Cl)c1/C=C/C(=O)Nc1c(C)nn(-c2ccccc2)c1C. The molecule has 0 saturated heterocycles. The molecule has 152 valence electrons. The van der Waals surface area contributed by atoms with Gasteiger partial charge in [0.05, 0.1) is 28.5 Å². The van der Waals surface area contributed by atoms with Crippen LogP contribution in [0.4, 0.5) is 5.69 Å². The first-order chi connectivity index (χ1) is 13.8. The summed E-state index contributed by atoms with van der Waals surface area (Å²) in [5.41, 5.74) is 4.84. The topological polar surface area (TPSA) is 64.7 Å². The zero-order valence-electron chi connectivity index (χ0n) is 17.4. The Bertz CT molecular complexity index is 1050. The molecule has 0 unspecified atom stereocenters. The van der Waals surface area contributed by atoms with Gasteiger partial charge in [0.2, 0.25) is 5.91 Å². The normalized spacial score (nSPS) is 11.6. The zero-order valence-corrected chi connectivity index (χ0v) is 18.2. The fraction of sp³-hybridized carbons (Fsp3) is 0.318. The summed E-state index contributed by atoms with van der Waals surface area (Å²) in [6.07, 6.45) is 3.19. The van der Waals surface area contributed by atoms with E-state index in [4.69, 9.17) is 11.6 Å². The summed E-state index contributed by atoms with van der Waals surface area (Å²) in [7, 11) is 0. The van der Waals surface area contributed by atoms with Crippen molar-refractivity contribution < 1.29 is 4.79 Å². The van der Waals surface area contributed by atoms with E-state index in [0.29, 0.717) is 16.8 Å². The maximum absolute atomic E-state index is 12.5. The highest BCUT2D eigenvalue weighted by atomic mass is 35.5. The molecule has 0 aliphatic carbocycles. The van der Waals surface area contributed by atoms with Crippen LogP contribution in [-0.2, 0) is 11.3 Å². The van der Waals surface area contributed by atoms with Crippen LogP contribution in [0.15, 0.2) is 36.4 Å². The van der Waals surface area contributed by atoms with Gasteiger partial charge in [0.15, 0.2) is 0 Å². The van der Waals surface area contributed by atoms with Crippen molar-refractivity contribution in [1.29, 1.82) is 0 Å². The third kappa shape index (κ3) is 4.59. The smallest absolute Gasteiger partial charge is 0.248 e. The van der Waals surface area contributed by atoms with Gasteiger partial charge in [0, 0.05) is 18.2 Å². The fourth-order valence-electron chi connectivity index (χ4n) is 3.19. The van der Waals surface area contributed by atoms with E-state index in [9.17, 15) is 4.79 Å². The van der Waals surface area contributed by atoms with Crippen molar-refractivity contribution in [2.45, 2.75) is 41.2 Å². The molecule has 1 N–H and O–H groups in total. The first kappa shape index (κ1) is 20.9. The van der Waals surface area contributed by atoms with Gasteiger partial charge in [-0.1, -0.05) is 43.6 Å². The number of nitrogens with zero attached hydrogens (tertiary/aromatic N) is 4. The van der Waals surface area contributed by atoms with Crippen LogP contribution in [0.5, 0.6) is 0 Å². The van der Waals surface area contributed by atoms with Gasteiger partial charge in [-0.15, -0.1) is 0 Å². The summed E-state index contributed by atoms with van der Waals surface area (Å²) >= 11 is 6.44. The lowest BCUT2D eigenvalue weighted by Crippen LogP contribution is -2.09. The Morgan fingerprint density at radius 2 is 1.83 bits per heavy atom. The Kier molecular flexibility index (Phi) is 6.23. The van der Waals surface area contributed by atoms with E-state index in [1.54, 1.807) is 10.8 Å². The van der Waals surface area contributed by atoms with E-state index < -0.39 is 0 Å². The van der Waals surface area contributed by atoms with E-state index in [1.165, 1.54) is 6.08 Å². The van der Waals surface area contributed by atoms with Gasteiger partial charge in [-0.05, 0) is 44.9 Å². The van der Waals surface area contributed by atoms with E-state index in [1.807, 2.05) is 55.8 Å². The minimum absolute atomic E-state index is 0.240. The van der Waals surface area contributed by atoms with Crippen molar-refractivity contribution in [2.24, 2.45) is 5.92 Å². The van der Waals surface area contributed by atoms with Crippen LogP contribution < -0.4 is 5.32 Å². The predicted molar refractivity (Wildman–Crippen MR) is 118 cm³/mol. The molecule has 2 heterocycles. The lowest BCUT2D eigenvalue weighted by Gasteiger charge is -2.06. The van der Waals surface area contributed by atoms with Gasteiger partial charge in [0.1, 0.15) is 5.15 Å². The van der Waals surface area contributed by atoms with Gasteiger partial charge in [0.25, 0.3) is 0 Å². The molecular weight excluding hydrogens is 386 g/mol. The second kappa shape index (κ2) is 8.66. The van der Waals surface area contributed by atoms with Crippen molar-refractivity contribution in [1.82, 2.24) is 19.6 Å². The average Bonchev–Trinajstić information content (AvgIpc) is 3.10. The number of para-hydroxylation sites is 1. The summed E-state index contributed by atoms with van der Waals surface area (Å²) in [4.78, 5) is 12.5. The van der Waals surface area contributed by atoms with Gasteiger partial charge >= 0.3 is 0 Å². The third-order valence-corrected chi connectivity index (χ3v) is 4.99. The van der Waals surface area contributed by atoms with Crippen molar-refractivity contribution in [2.75, 3.05) is 5.32 Å². The summed E-state index contributed by atoms with van der Waals surface area (Å²) in [6.45, 7) is 10.6. The largest absolute Gasteiger partial charge is 0.319 e. The molecule has 3 aromatic rings. The Morgan fingerprint density at radius 1 is 1.14 bits per heavy atom. The quantitative estimate of drug-likeness (QED) is 0.583. The second-order valence-electron chi connectivity index (χ2n) is 7.48. The number of carbonyl (C=O) groups excluding carboxylic acids is 1. The molecule has 0 saturated carbocycles. The van der Waals surface area contributed by atoms with Crippen LogP contribution >= 0.6 is 11.6 Å². The van der Waals surface area contributed by atoms with E-state index in [2.05, 4.69) is 29.4 Å². The summed E-state index contributed by atoms with van der Waals surface area (Å²) in [5, 5.41) is 12.5. The van der Waals surface area contributed by atoms with Crippen LogP contribution in [-0.4, -0.2) is 25.5 Å². The van der Waals surface area contributed by atoms with Crippen LogP contribution in [0, 0.1) is 26.7 Å². The number of amides is 1. The molecule has 7 heteroatoms. The first-order valence-electron chi connectivity index (χ1n) is 9.61. The summed E-state index contributed by atoms with van der Waals surface area (Å²) in [5.74, 6) is 0.190. The molecule has 6 nitrogen and oxygen atoms in total. The number of aryl methyl sites for hydroxylation is 2. The van der Waals surface area contributed by atoms with E-state index in [0.717, 1.165) is 34.9 Å². The van der Waals surface area contributed by atoms with Crippen LogP contribution in [0.2, 0.25) is 5.15 Å². The van der Waals surface area contributed by atoms with Crippen molar-refractivity contribution in [3.05, 3.63) is 64.2 Å². The van der Waals surface area contributed by atoms with E-state index >= 15 is 0 Å². The number of rotatable bonds is 6. The fourth-order valence-corrected chi connectivity index (χ4v) is 3.50. The Labute approximate surface area is 176 Å². The highest BCUT2D eigenvalue weighted by Crippen LogP contribution is 2.24. The second-order valence-corrected chi connectivity index (χ2v) is 7.84. The number of aromatic nitrogens is 4. The predicted octanol–water partition coefficient (Wildman–Crippen LogP) is 4.96. The molecule has 1 amide bonds. The Morgan fingerprint density at radius 3 is 2.48 bits per heavy atom. The zero-order chi connectivity index (χ0) is 21.1. The first-order valence-corrected chi connectivity index (χ1v) is 9.99. The maximum Gasteiger partial charge on any atom is 0.248 e. The minimum Gasteiger partial charge on any atom is -0.319 e. The number of hydrogen-bond acceptors (Lipinski definition) is 3. The van der Waals surface area contributed by atoms with Crippen molar-refractivity contribution in [3.8, 4) is 5.69 Å². The molecule has 2 aromatic heterocycles. The molecule has 1 aromatic carbocycles. The molecule has 0 spiro atoms. The van der Waals surface area contributed by atoms with Gasteiger partial charge in [-0.3, -0.25) is 9.48 Å². The highest BCUT2D eigenvalue weighted by molar-refractivity contribution is 6.31. The molecule has 0 fully saturated rings. The van der Waals surface area contributed by atoms with Gasteiger partial charge in [-0.2, -0.15) is 10.2 Å². The molecule has 0 atom stereocenters. The third-order valence-electron chi connectivity index (χ3n) is 4.59. The minimum atomic E-state index is -0.240. The average molecular weight is 412 g/mol. The molecule has 0 bridgehead atoms. The molecule has 29 heavy (non-hydrogen) atoms. The Balaban J connectivity index is 1.79. The summed E-state index contributed by atoms with van der Waals surface area (Å²) < 4.78 is 3.60. The monoisotopic (exact) mass is 411 g/mol. The Hall–Kier alpha value is -2.86. The van der Waals surface area contributed by atoms with E-state index in [-0.39, 0.29) is 5.91 Å². The summed E-state index contributed by atoms with van der Waals surface area (Å²) in [6, 6.07) is 9.82. The van der Waals surface area contributed by atoms with Crippen molar-refractivity contribution in [3.63, 3.8) is 0 Å². The molecular formula is C22H26ClN5O. The number of hydrogen-bond donors (Lipinski definition) is 1. The number of benzene rings is 1.